The summed E-state index contributed by atoms with van der Waals surface area (Å²) in [5.41, 5.74) is 32.5. The Hall–Kier alpha value is -5.98. The lowest BCUT2D eigenvalue weighted by Gasteiger charge is -2.28. The van der Waals surface area contributed by atoms with Crippen molar-refractivity contribution in [2.24, 2.45) is 0 Å². The number of fused-ring (bicyclic) bond motifs is 7. The molecule has 11 rings (SSSR count). The summed E-state index contributed by atoms with van der Waals surface area (Å²) in [6.07, 6.45) is 0. The van der Waals surface area contributed by atoms with E-state index in [0.717, 1.165) is 0 Å². The lowest BCUT2D eigenvalue weighted by Crippen LogP contribution is -2.50. The van der Waals surface area contributed by atoms with E-state index < -0.39 is 0 Å². The largest absolute Gasteiger partial charge is 0.139 e. The summed E-state index contributed by atoms with van der Waals surface area (Å²) < 4.78 is 0. The van der Waals surface area contributed by atoms with Gasteiger partial charge in [-0.1, -0.05) is 141 Å². The summed E-state index contributed by atoms with van der Waals surface area (Å²) in [6.45, 7) is 0. The first kappa shape index (κ1) is 46.4. The molecule has 0 amide bonds. The molecule has 0 atom stereocenters. The maximum Gasteiger partial charge on any atom is 0.139 e. The molecule has 0 nitrogen and oxygen atoms in total. The summed E-state index contributed by atoms with van der Waals surface area (Å²) >= 11 is 0. The van der Waals surface area contributed by atoms with E-state index in [1.807, 2.05) is 0 Å². The molecule has 0 unspecified atom stereocenters. The second-order valence-corrected chi connectivity index (χ2v) is 21.2. The third kappa shape index (κ3) is 6.46. The molecule has 0 saturated carbocycles. The van der Waals surface area contributed by atoms with E-state index in [-0.39, 0.29) is 0 Å². The predicted molar refractivity (Wildman–Crippen MR) is 364 cm³/mol. The minimum atomic E-state index is 1.26. The maximum absolute atomic E-state index is 2.55. The van der Waals surface area contributed by atoms with Crippen molar-refractivity contribution < 1.29 is 0 Å². The Morgan fingerprint density at radius 1 is 0.186 bits per heavy atom. The second-order valence-electron chi connectivity index (χ2n) is 21.2. The molecule has 11 aromatic carbocycles. The van der Waals surface area contributed by atoms with Crippen LogP contribution in [0.15, 0.2) is 109 Å². The topological polar surface area (TPSA) is 0 Å². The van der Waals surface area contributed by atoms with E-state index in [1.54, 1.807) is 0 Å². The molecular formula is C54H50B16. The highest BCUT2D eigenvalue weighted by atomic mass is 14.3. The Morgan fingerprint density at radius 2 is 0.386 bits per heavy atom. The standard InChI is InChI=1S/C54H50B16/c55-39-31-27(21-7-3-1-4-8-21)32-36(44(60)52(68)48(64)40(32)56)29(35(31)43(59)51(67)47(39)63)23-15-13-19-11-12-20-14-16-24(18-26(20)25(19)17-23)30-37-33(41(57)49(65)53(69)45(37)61)28(22-9-5-2-6-10-22)34-38(30)46(62)54(70)50(66)42(34)58/h1-18H,55-70H2. The number of benzene rings is 11. The van der Waals surface area contributed by atoms with Crippen LogP contribution in [0.1, 0.15) is 0 Å². The lowest BCUT2D eigenvalue weighted by molar-refractivity contribution is 1.69. The van der Waals surface area contributed by atoms with Crippen molar-refractivity contribution in [2.45, 2.75) is 0 Å². The maximum atomic E-state index is 2.55. The van der Waals surface area contributed by atoms with E-state index in [1.165, 1.54) is 197 Å². The predicted octanol–water partition coefficient (Wildman–Crippen LogP) is -12.6. The van der Waals surface area contributed by atoms with Crippen LogP contribution in [0.5, 0.6) is 0 Å². The van der Waals surface area contributed by atoms with Crippen LogP contribution in [-0.2, 0) is 0 Å². The minimum absolute atomic E-state index is 1.26. The molecule has 70 heavy (non-hydrogen) atoms. The first-order chi connectivity index (χ1) is 33.5. The van der Waals surface area contributed by atoms with E-state index in [4.69, 9.17) is 0 Å². The van der Waals surface area contributed by atoms with Gasteiger partial charge in [0, 0.05) is 0 Å². The second kappa shape index (κ2) is 16.8. The molecule has 0 aliphatic carbocycles. The zero-order valence-corrected chi connectivity index (χ0v) is 44.4. The molecular weight excluding hydrogens is 822 g/mol. The Balaban J connectivity index is 1.31. The first-order valence-electron chi connectivity index (χ1n) is 25.5. The van der Waals surface area contributed by atoms with Gasteiger partial charge in [-0.25, -0.2) is 0 Å². The highest BCUT2D eigenvalue weighted by molar-refractivity contribution is 6.73. The van der Waals surface area contributed by atoms with Crippen LogP contribution in [0.3, 0.4) is 0 Å². The molecule has 11 aromatic rings. The average molecular weight is 872 g/mol. The summed E-state index contributed by atoms with van der Waals surface area (Å²) in [4.78, 5) is 0. The Morgan fingerprint density at radius 3 is 0.614 bits per heavy atom. The quantitative estimate of drug-likeness (QED) is 0.0939. The number of rotatable bonds is 4. The van der Waals surface area contributed by atoms with Crippen molar-refractivity contribution in [3.63, 3.8) is 0 Å². The highest BCUT2D eigenvalue weighted by Crippen LogP contribution is 2.44. The Bertz CT molecular complexity index is 3740. The van der Waals surface area contributed by atoms with Crippen molar-refractivity contribution in [3.8, 4) is 44.5 Å². The van der Waals surface area contributed by atoms with Crippen LogP contribution in [-0.4, -0.2) is 126 Å². The van der Waals surface area contributed by atoms with Crippen LogP contribution >= 0.6 is 0 Å². The lowest BCUT2D eigenvalue weighted by atomic mass is 9.59. The molecule has 0 aliphatic rings. The Labute approximate surface area is 428 Å². The SMILES string of the molecule is Bc1c(B)c(B)c2c(-c3ccc4ccc5ccc(-c6c7c(B)c(B)c(B)c(B)c7c(-c7ccccc7)c7c(B)c(B)c(B)c(B)c67)cc5c4c3)c3c(B)c(B)c(B)c(B)c3c(-c3ccccc3)c2c1B. The van der Waals surface area contributed by atoms with Crippen molar-refractivity contribution in [1.29, 1.82) is 0 Å². The van der Waals surface area contributed by atoms with Crippen molar-refractivity contribution >= 4 is 278 Å². The molecule has 0 bridgehead atoms. The summed E-state index contributed by atoms with van der Waals surface area (Å²) in [7, 11) is 37.6. The molecule has 0 heterocycles. The van der Waals surface area contributed by atoms with Crippen LogP contribution in [0.25, 0.3) is 109 Å². The van der Waals surface area contributed by atoms with Crippen LogP contribution in [0.4, 0.5) is 0 Å². The van der Waals surface area contributed by atoms with Crippen LogP contribution < -0.4 is 87.4 Å². The molecule has 0 N–H and O–H groups in total. The third-order valence-corrected chi connectivity index (χ3v) is 18.3. The van der Waals surface area contributed by atoms with Gasteiger partial charge in [-0.15, -0.1) is 43.7 Å². The number of hydrogen-bond donors (Lipinski definition) is 0. The van der Waals surface area contributed by atoms with Gasteiger partial charge in [0.1, 0.15) is 126 Å². The molecule has 0 fully saturated rings. The molecule has 16 heteroatoms. The van der Waals surface area contributed by atoms with E-state index in [0.29, 0.717) is 0 Å². The summed E-state index contributed by atoms with van der Waals surface area (Å²) in [6, 6.07) is 41.8. The normalized spacial score (nSPS) is 11.8. The zero-order valence-electron chi connectivity index (χ0n) is 44.4. The molecule has 0 radical (unpaired) electrons. The van der Waals surface area contributed by atoms with Crippen LogP contribution in [0, 0.1) is 0 Å². The molecule has 0 aromatic heterocycles. The van der Waals surface area contributed by atoms with Crippen molar-refractivity contribution in [2.75, 3.05) is 0 Å². The van der Waals surface area contributed by atoms with Gasteiger partial charge < -0.3 is 0 Å². The van der Waals surface area contributed by atoms with E-state index >= 15 is 0 Å². The first-order valence-corrected chi connectivity index (χ1v) is 25.5. The molecule has 0 aliphatic heterocycles. The Kier molecular flexibility index (Phi) is 11.2. The van der Waals surface area contributed by atoms with Crippen molar-refractivity contribution in [1.82, 2.24) is 0 Å². The van der Waals surface area contributed by atoms with Gasteiger partial charge in [0.2, 0.25) is 0 Å². The van der Waals surface area contributed by atoms with Gasteiger partial charge in [0.05, 0.1) is 0 Å². The smallest absolute Gasteiger partial charge is 0.101 e. The van der Waals surface area contributed by atoms with Gasteiger partial charge in [0.25, 0.3) is 0 Å². The molecule has 314 valence electrons. The fourth-order valence-corrected chi connectivity index (χ4v) is 13.0. The van der Waals surface area contributed by atoms with E-state index in [2.05, 4.69) is 235 Å². The fraction of sp³-hybridized carbons (Fsp3) is 0. The van der Waals surface area contributed by atoms with Crippen LogP contribution in [0.2, 0.25) is 0 Å². The van der Waals surface area contributed by atoms with Gasteiger partial charge in [-0.2, -0.15) is 0 Å². The summed E-state index contributed by atoms with van der Waals surface area (Å²) in [5.74, 6) is 0. The zero-order chi connectivity index (χ0) is 49.5. The van der Waals surface area contributed by atoms with Crippen molar-refractivity contribution in [3.05, 3.63) is 109 Å². The minimum Gasteiger partial charge on any atom is -0.101 e. The number of hydrogen-bond acceptors (Lipinski definition) is 0. The third-order valence-electron chi connectivity index (χ3n) is 18.3. The average Bonchev–Trinajstić information content (AvgIpc) is 3.38. The van der Waals surface area contributed by atoms with E-state index in [9.17, 15) is 0 Å². The molecule has 0 saturated heterocycles. The monoisotopic (exact) mass is 875 g/mol. The van der Waals surface area contributed by atoms with Gasteiger partial charge in [0.15, 0.2) is 0 Å². The highest BCUT2D eigenvalue weighted by Gasteiger charge is 2.27. The summed E-state index contributed by atoms with van der Waals surface area (Å²) in [5, 5.41) is 16.1. The van der Waals surface area contributed by atoms with Gasteiger partial charge in [-0.05, 0) is 121 Å². The van der Waals surface area contributed by atoms with Gasteiger partial charge >= 0.3 is 0 Å². The van der Waals surface area contributed by atoms with Gasteiger partial charge in [-0.3, -0.25) is 0 Å². The fourth-order valence-electron chi connectivity index (χ4n) is 13.0. The molecule has 0 spiro atoms.